The maximum absolute atomic E-state index is 11.9. The number of carbonyl (C=O) groups excluding carboxylic acids is 1. The van der Waals surface area contributed by atoms with Crippen LogP contribution in [0.4, 0.5) is 13.2 Å². The molecule has 0 spiro atoms. The fourth-order valence-electron chi connectivity index (χ4n) is 1.96. The Morgan fingerprint density at radius 3 is 2.83 bits per heavy atom. The summed E-state index contributed by atoms with van der Waals surface area (Å²) in [6.07, 6.45) is -2.55. The summed E-state index contributed by atoms with van der Waals surface area (Å²) in [5.74, 6) is -0.302. The predicted octanol–water partition coefficient (Wildman–Crippen LogP) is 1.17. The molecular formula is C11H19F3N2O2. The highest BCUT2D eigenvalue weighted by atomic mass is 19.4. The van der Waals surface area contributed by atoms with E-state index in [4.69, 9.17) is 4.74 Å². The highest BCUT2D eigenvalue weighted by Crippen LogP contribution is 2.14. The fraction of sp³-hybridized carbons (Fsp3) is 0.909. The third-order valence-electron chi connectivity index (χ3n) is 2.73. The van der Waals surface area contributed by atoms with Crippen LogP contribution in [0.1, 0.15) is 19.8 Å². The van der Waals surface area contributed by atoms with Gasteiger partial charge in [-0.05, 0) is 19.8 Å². The van der Waals surface area contributed by atoms with Crippen molar-refractivity contribution in [3.05, 3.63) is 0 Å². The minimum atomic E-state index is -4.28. The third kappa shape index (κ3) is 5.68. The quantitative estimate of drug-likeness (QED) is 0.813. The first-order valence-electron chi connectivity index (χ1n) is 6.09. The number of hydrogen-bond acceptors (Lipinski definition) is 3. The van der Waals surface area contributed by atoms with Crippen molar-refractivity contribution >= 4 is 5.91 Å². The maximum atomic E-state index is 11.9. The second kappa shape index (κ2) is 6.94. The zero-order chi connectivity index (χ0) is 13.6. The Kier molecular flexibility index (Phi) is 5.87. The molecule has 1 aliphatic heterocycles. The number of alkyl halides is 3. The Labute approximate surface area is 104 Å². The van der Waals surface area contributed by atoms with E-state index in [2.05, 4.69) is 5.32 Å². The molecule has 1 heterocycles. The van der Waals surface area contributed by atoms with Crippen LogP contribution in [-0.4, -0.2) is 55.9 Å². The van der Waals surface area contributed by atoms with Gasteiger partial charge in [0.1, 0.15) is 0 Å². The largest absolute Gasteiger partial charge is 0.401 e. The van der Waals surface area contributed by atoms with Crippen molar-refractivity contribution in [2.75, 3.05) is 32.8 Å². The van der Waals surface area contributed by atoms with Crippen molar-refractivity contribution in [3.8, 4) is 0 Å². The normalized spacial score (nSPS) is 21.1. The highest BCUT2D eigenvalue weighted by molar-refractivity contribution is 5.78. The lowest BCUT2D eigenvalue weighted by Crippen LogP contribution is -2.47. The van der Waals surface area contributed by atoms with Crippen LogP contribution in [0.5, 0.6) is 0 Å². The SMILES string of the molecule is CCOC1CCCN(C(=O)CNCC(F)(F)F)C1. The molecule has 0 bridgehead atoms. The molecule has 1 unspecified atom stereocenters. The van der Waals surface area contributed by atoms with Crippen LogP contribution in [-0.2, 0) is 9.53 Å². The summed E-state index contributed by atoms with van der Waals surface area (Å²) in [7, 11) is 0. The Balaban J connectivity index is 2.28. The van der Waals surface area contributed by atoms with Gasteiger partial charge in [-0.2, -0.15) is 13.2 Å². The fourth-order valence-corrected chi connectivity index (χ4v) is 1.96. The van der Waals surface area contributed by atoms with Crippen LogP contribution in [0.15, 0.2) is 0 Å². The molecule has 7 heteroatoms. The first-order chi connectivity index (χ1) is 8.42. The lowest BCUT2D eigenvalue weighted by molar-refractivity contribution is -0.137. The minimum Gasteiger partial charge on any atom is -0.377 e. The van der Waals surface area contributed by atoms with Crippen LogP contribution in [0.25, 0.3) is 0 Å². The van der Waals surface area contributed by atoms with Crippen molar-refractivity contribution in [3.63, 3.8) is 0 Å². The van der Waals surface area contributed by atoms with Gasteiger partial charge in [0, 0.05) is 19.7 Å². The topological polar surface area (TPSA) is 41.6 Å². The van der Waals surface area contributed by atoms with E-state index in [1.807, 2.05) is 6.92 Å². The van der Waals surface area contributed by atoms with Gasteiger partial charge in [-0.25, -0.2) is 0 Å². The number of carbonyl (C=O) groups is 1. The van der Waals surface area contributed by atoms with Crippen LogP contribution >= 0.6 is 0 Å². The van der Waals surface area contributed by atoms with Crippen LogP contribution in [0, 0.1) is 0 Å². The molecule has 0 radical (unpaired) electrons. The molecule has 106 valence electrons. The number of piperidine rings is 1. The minimum absolute atomic E-state index is 0.00955. The number of likely N-dealkylation sites (tertiary alicyclic amines) is 1. The number of hydrogen-bond donors (Lipinski definition) is 1. The van der Waals surface area contributed by atoms with Crippen LogP contribution < -0.4 is 5.32 Å². The van der Waals surface area contributed by atoms with Gasteiger partial charge in [0.2, 0.25) is 5.91 Å². The Morgan fingerprint density at radius 2 is 2.22 bits per heavy atom. The Bertz CT molecular complexity index is 270. The molecule has 0 aromatic heterocycles. The van der Waals surface area contributed by atoms with Gasteiger partial charge in [-0.1, -0.05) is 0 Å². The summed E-state index contributed by atoms with van der Waals surface area (Å²) in [4.78, 5) is 13.2. The van der Waals surface area contributed by atoms with Crippen molar-refractivity contribution in [2.24, 2.45) is 0 Å². The first-order valence-corrected chi connectivity index (χ1v) is 6.09. The maximum Gasteiger partial charge on any atom is 0.401 e. The van der Waals surface area contributed by atoms with E-state index >= 15 is 0 Å². The summed E-state index contributed by atoms with van der Waals surface area (Å²) < 4.78 is 41.1. The van der Waals surface area contributed by atoms with Gasteiger partial charge in [0.05, 0.1) is 19.2 Å². The average Bonchev–Trinajstić information content (AvgIpc) is 2.28. The molecule has 0 aromatic carbocycles. The van der Waals surface area contributed by atoms with E-state index in [0.29, 0.717) is 19.7 Å². The standard InChI is InChI=1S/C11H19F3N2O2/c1-2-18-9-4-3-5-16(7-9)10(17)6-15-8-11(12,13)14/h9,15H,2-8H2,1H3. The number of ether oxygens (including phenoxy) is 1. The second-order valence-electron chi connectivity index (χ2n) is 4.28. The highest BCUT2D eigenvalue weighted by Gasteiger charge is 2.28. The van der Waals surface area contributed by atoms with Crippen molar-refractivity contribution in [1.82, 2.24) is 10.2 Å². The molecule has 1 atom stereocenters. The van der Waals surface area contributed by atoms with Gasteiger partial charge in [-0.3, -0.25) is 4.79 Å². The smallest absolute Gasteiger partial charge is 0.377 e. The Hall–Kier alpha value is -0.820. The average molecular weight is 268 g/mol. The number of nitrogens with zero attached hydrogens (tertiary/aromatic N) is 1. The number of rotatable bonds is 5. The van der Waals surface area contributed by atoms with Gasteiger partial charge in [-0.15, -0.1) is 0 Å². The zero-order valence-electron chi connectivity index (χ0n) is 10.4. The molecule has 1 N–H and O–H groups in total. The molecular weight excluding hydrogens is 249 g/mol. The molecule has 0 saturated carbocycles. The molecule has 18 heavy (non-hydrogen) atoms. The van der Waals surface area contributed by atoms with E-state index < -0.39 is 12.7 Å². The number of halogens is 3. The zero-order valence-corrected chi connectivity index (χ0v) is 10.4. The summed E-state index contributed by atoms with van der Waals surface area (Å²) in [5, 5.41) is 2.11. The van der Waals surface area contributed by atoms with E-state index in [1.54, 1.807) is 4.90 Å². The van der Waals surface area contributed by atoms with Crippen LogP contribution in [0.3, 0.4) is 0 Å². The molecule has 1 fully saturated rings. The van der Waals surface area contributed by atoms with Crippen molar-refractivity contribution < 1.29 is 22.7 Å². The van der Waals surface area contributed by atoms with E-state index in [0.717, 1.165) is 12.8 Å². The molecule has 0 aliphatic carbocycles. The monoisotopic (exact) mass is 268 g/mol. The van der Waals surface area contributed by atoms with Gasteiger partial charge in [0.25, 0.3) is 0 Å². The van der Waals surface area contributed by atoms with Crippen LogP contribution in [0.2, 0.25) is 0 Å². The van der Waals surface area contributed by atoms with Crippen molar-refractivity contribution in [1.29, 1.82) is 0 Å². The van der Waals surface area contributed by atoms with Gasteiger partial charge in [0.15, 0.2) is 0 Å². The molecule has 1 rings (SSSR count). The lowest BCUT2D eigenvalue weighted by atomic mass is 10.1. The third-order valence-corrected chi connectivity index (χ3v) is 2.73. The Morgan fingerprint density at radius 1 is 1.50 bits per heavy atom. The first kappa shape index (κ1) is 15.2. The predicted molar refractivity (Wildman–Crippen MR) is 60.2 cm³/mol. The van der Waals surface area contributed by atoms with Crippen molar-refractivity contribution in [2.45, 2.75) is 32.0 Å². The number of amides is 1. The summed E-state index contributed by atoms with van der Waals surface area (Å²) in [5.41, 5.74) is 0. The summed E-state index contributed by atoms with van der Waals surface area (Å²) in [6, 6.07) is 0. The van der Waals surface area contributed by atoms with Gasteiger partial charge >= 0.3 is 6.18 Å². The van der Waals surface area contributed by atoms with E-state index in [9.17, 15) is 18.0 Å². The van der Waals surface area contributed by atoms with Gasteiger partial charge < -0.3 is 15.0 Å². The molecule has 0 aromatic rings. The summed E-state index contributed by atoms with van der Waals surface area (Å²) >= 11 is 0. The van der Waals surface area contributed by atoms with E-state index in [1.165, 1.54) is 0 Å². The molecule has 1 aliphatic rings. The molecule has 1 amide bonds. The summed E-state index contributed by atoms with van der Waals surface area (Å²) in [6.45, 7) is 2.11. The second-order valence-corrected chi connectivity index (χ2v) is 4.28. The number of nitrogens with one attached hydrogen (secondary N) is 1. The molecule has 1 saturated heterocycles. The molecule has 4 nitrogen and oxygen atoms in total. The van der Waals surface area contributed by atoms with E-state index in [-0.39, 0.29) is 18.6 Å². The lowest BCUT2D eigenvalue weighted by Gasteiger charge is -2.32.